The maximum absolute atomic E-state index is 11.7. The lowest BCUT2D eigenvalue weighted by molar-refractivity contribution is -0.385. The Bertz CT molecular complexity index is 693. The Morgan fingerprint density at radius 2 is 1.96 bits per heavy atom. The topological polar surface area (TPSA) is 131 Å². The van der Waals surface area contributed by atoms with Crippen molar-refractivity contribution in [2.45, 2.75) is 38.5 Å². The summed E-state index contributed by atoms with van der Waals surface area (Å²) in [6, 6.07) is 2.62. The predicted octanol–water partition coefficient (Wildman–Crippen LogP) is 3.03. The average molecular weight is 430 g/mol. The Hall–Kier alpha value is -2.49. The van der Waals surface area contributed by atoms with Crippen molar-refractivity contribution in [1.82, 2.24) is 5.43 Å². The summed E-state index contributed by atoms with van der Waals surface area (Å²) in [7, 11) is 1.35. The first-order valence-electron chi connectivity index (χ1n) is 7.90. The Labute approximate surface area is 158 Å². The number of rotatable bonds is 10. The van der Waals surface area contributed by atoms with Crippen LogP contribution in [0.25, 0.3) is 0 Å². The lowest BCUT2D eigenvalue weighted by Crippen LogP contribution is -2.16. The van der Waals surface area contributed by atoms with E-state index in [1.165, 1.54) is 19.2 Å². The molecule has 1 rings (SSSR count). The van der Waals surface area contributed by atoms with E-state index < -0.39 is 16.4 Å². The first-order valence-corrected chi connectivity index (χ1v) is 8.70. The molecule has 0 aliphatic rings. The van der Waals surface area contributed by atoms with Gasteiger partial charge in [0.15, 0.2) is 0 Å². The fourth-order valence-electron chi connectivity index (χ4n) is 2.08. The summed E-state index contributed by atoms with van der Waals surface area (Å²) in [6.45, 7) is 0. The molecule has 142 valence electrons. The molecular formula is C16H20BrN3O6. The minimum absolute atomic E-state index is 0.106. The Morgan fingerprint density at radius 3 is 2.58 bits per heavy atom. The summed E-state index contributed by atoms with van der Waals surface area (Å²) >= 11 is 3.11. The van der Waals surface area contributed by atoms with Crippen LogP contribution in [0.2, 0.25) is 0 Å². The average Bonchev–Trinajstić information content (AvgIpc) is 2.60. The number of halogens is 1. The third-order valence-corrected chi connectivity index (χ3v) is 3.89. The lowest BCUT2D eigenvalue weighted by Gasteiger charge is -2.03. The highest BCUT2D eigenvalue weighted by atomic mass is 79.9. The van der Waals surface area contributed by atoms with E-state index in [0.29, 0.717) is 23.7 Å². The standard InChI is InChI=1S/C16H20BrN3O6/c1-26-15(22)7-5-3-2-4-6-14(21)19-18-10-11-8-12(17)9-13(16(11)23)20(24)25/h8-10,23H,2-7H2,1H3,(H,19,21)/b18-10+. The van der Waals surface area contributed by atoms with E-state index in [1.807, 2.05) is 0 Å². The summed E-state index contributed by atoms with van der Waals surface area (Å²) in [5.41, 5.74) is 1.95. The van der Waals surface area contributed by atoms with Crippen molar-refractivity contribution in [1.29, 1.82) is 0 Å². The van der Waals surface area contributed by atoms with Crippen molar-refractivity contribution >= 4 is 39.7 Å². The second kappa shape index (κ2) is 11.2. The minimum atomic E-state index is -0.712. The molecule has 26 heavy (non-hydrogen) atoms. The highest BCUT2D eigenvalue weighted by Crippen LogP contribution is 2.32. The van der Waals surface area contributed by atoms with Gasteiger partial charge in [-0.1, -0.05) is 28.8 Å². The molecule has 0 aliphatic carbocycles. The van der Waals surface area contributed by atoms with Gasteiger partial charge in [-0.2, -0.15) is 5.10 Å². The molecule has 2 N–H and O–H groups in total. The molecular weight excluding hydrogens is 410 g/mol. The number of hydrogen-bond donors (Lipinski definition) is 2. The number of unbranched alkanes of at least 4 members (excludes halogenated alkanes) is 3. The molecule has 0 aromatic heterocycles. The second-order valence-corrected chi connectivity index (χ2v) is 6.32. The van der Waals surface area contributed by atoms with Crippen LogP contribution in [0.15, 0.2) is 21.7 Å². The highest BCUT2D eigenvalue weighted by molar-refractivity contribution is 9.10. The molecule has 0 unspecified atom stereocenters. The van der Waals surface area contributed by atoms with Gasteiger partial charge in [0.05, 0.1) is 18.2 Å². The number of phenolic OH excluding ortho intramolecular Hbond substituents is 1. The zero-order chi connectivity index (χ0) is 19.5. The Morgan fingerprint density at radius 1 is 1.31 bits per heavy atom. The largest absolute Gasteiger partial charge is 0.502 e. The molecule has 9 nitrogen and oxygen atoms in total. The van der Waals surface area contributed by atoms with Gasteiger partial charge in [-0.15, -0.1) is 0 Å². The number of amides is 1. The molecule has 0 radical (unpaired) electrons. The quantitative estimate of drug-likeness (QED) is 0.193. The first-order chi connectivity index (χ1) is 12.3. The van der Waals surface area contributed by atoms with Crippen molar-refractivity contribution in [2.75, 3.05) is 7.11 Å². The number of nitro benzene ring substituents is 1. The lowest BCUT2D eigenvalue weighted by atomic mass is 10.1. The number of nitrogens with zero attached hydrogens (tertiary/aromatic N) is 2. The fourth-order valence-corrected chi connectivity index (χ4v) is 2.55. The number of hydrazone groups is 1. The number of nitro groups is 1. The molecule has 0 saturated carbocycles. The number of phenols is 1. The van der Waals surface area contributed by atoms with Crippen molar-refractivity contribution < 1.29 is 24.4 Å². The molecule has 1 amide bonds. The van der Waals surface area contributed by atoms with E-state index in [4.69, 9.17) is 0 Å². The molecule has 0 fully saturated rings. The maximum Gasteiger partial charge on any atom is 0.312 e. The molecule has 0 aliphatic heterocycles. The van der Waals surface area contributed by atoms with Crippen LogP contribution in [0.4, 0.5) is 5.69 Å². The van der Waals surface area contributed by atoms with Crippen molar-refractivity contribution in [3.8, 4) is 5.75 Å². The summed E-state index contributed by atoms with van der Waals surface area (Å²) in [5.74, 6) is -1.08. The number of ether oxygens (including phenoxy) is 1. The maximum atomic E-state index is 11.7. The molecule has 1 aromatic carbocycles. The van der Waals surface area contributed by atoms with Crippen LogP contribution >= 0.6 is 15.9 Å². The number of esters is 1. The van der Waals surface area contributed by atoms with Crippen LogP contribution in [-0.2, 0) is 14.3 Å². The van der Waals surface area contributed by atoms with E-state index >= 15 is 0 Å². The van der Waals surface area contributed by atoms with Crippen LogP contribution < -0.4 is 5.43 Å². The zero-order valence-corrected chi connectivity index (χ0v) is 15.8. The monoisotopic (exact) mass is 429 g/mol. The second-order valence-electron chi connectivity index (χ2n) is 5.40. The number of aromatic hydroxyl groups is 1. The van der Waals surface area contributed by atoms with Gasteiger partial charge in [-0.25, -0.2) is 5.43 Å². The van der Waals surface area contributed by atoms with Gasteiger partial charge in [0.2, 0.25) is 11.7 Å². The van der Waals surface area contributed by atoms with E-state index in [1.54, 1.807) is 0 Å². The van der Waals surface area contributed by atoms with Crippen molar-refractivity contribution in [3.05, 3.63) is 32.3 Å². The van der Waals surface area contributed by atoms with E-state index in [9.17, 15) is 24.8 Å². The van der Waals surface area contributed by atoms with Crippen LogP contribution in [0.3, 0.4) is 0 Å². The van der Waals surface area contributed by atoms with Crippen LogP contribution in [0.5, 0.6) is 5.75 Å². The highest BCUT2D eigenvalue weighted by Gasteiger charge is 2.17. The summed E-state index contributed by atoms with van der Waals surface area (Å²) in [6.07, 6.45) is 4.76. The van der Waals surface area contributed by atoms with Crippen LogP contribution in [0.1, 0.15) is 44.1 Å². The van der Waals surface area contributed by atoms with Crippen molar-refractivity contribution in [2.24, 2.45) is 5.10 Å². The molecule has 0 heterocycles. The van der Waals surface area contributed by atoms with Crippen LogP contribution in [0, 0.1) is 10.1 Å². The summed E-state index contributed by atoms with van der Waals surface area (Å²) in [4.78, 5) is 32.7. The third-order valence-electron chi connectivity index (χ3n) is 3.44. The molecule has 0 saturated heterocycles. The van der Waals surface area contributed by atoms with Gasteiger partial charge >= 0.3 is 11.7 Å². The number of carbonyl (C=O) groups excluding carboxylic acids is 2. The molecule has 1 aromatic rings. The van der Waals surface area contributed by atoms with E-state index in [-0.39, 0.29) is 23.9 Å². The Balaban J connectivity index is 2.39. The summed E-state index contributed by atoms with van der Waals surface area (Å²) < 4.78 is 4.94. The van der Waals surface area contributed by atoms with Crippen LogP contribution in [-0.4, -0.2) is 35.2 Å². The van der Waals surface area contributed by atoms with Gasteiger partial charge in [-0.05, 0) is 18.9 Å². The molecule has 0 spiro atoms. The van der Waals surface area contributed by atoms with Gasteiger partial charge < -0.3 is 9.84 Å². The summed E-state index contributed by atoms with van der Waals surface area (Å²) in [5, 5.41) is 24.4. The van der Waals surface area contributed by atoms with Gasteiger partial charge in [0, 0.05) is 28.9 Å². The van der Waals surface area contributed by atoms with Gasteiger partial charge in [0.1, 0.15) is 0 Å². The SMILES string of the molecule is COC(=O)CCCCCCC(=O)N/N=C/c1cc(Br)cc([N+](=O)[O-])c1O. The minimum Gasteiger partial charge on any atom is -0.502 e. The molecule has 0 atom stereocenters. The first kappa shape index (κ1) is 21.6. The van der Waals surface area contributed by atoms with E-state index in [0.717, 1.165) is 19.1 Å². The van der Waals surface area contributed by atoms with Gasteiger partial charge in [-0.3, -0.25) is 19.7 Å². The van der Waals surface area contributed by atoms with Gasteiger partial charge in [0.25, 0.3) is 0 Å². The molecule has 0 bridgehead atoms. The molecule has 10 heteroatoms. The fraction of sp³-hybridized carbons (Fsp3) is 0.438. The third kappa shape index (κ3) is 7.60. The number of hydrogen-bond acceptors (Lipinski definition) is 7. The normalized spacial score (nSPS) is 10.7. The number of nitrogens with one attached hydrogen (secondary N) is 1. The number of carbonyl (C=O) groups is 2. The zero-order valence-electron chi connectivity index (χ0n) is 14.2. The Kier molecular flexibility index (Phi) is 9.27. The predicted molar refractivity (Wildman–Crippen MR) is 97.9 cm³/mol. The van der Waals surface area contributed by atoms with E-state index in [2.05, 4.69) is 31.2 Å². The van der Waals surface area contributed by atoms with Crippen molar-refractivity contribution in [3.63, 3.8) is 0 Å². The number of methoxy groups -OCH3 is 1. The smallest absolute Gasteiger partial charge is 0.312 e. The number of benzene rings is 1.